The van der Waals surface area contributed by atoms with Crippen molar-refractivity contribution in [1.82, 2.24) is 4.57 Å². The molecule has 16 heavy (non-hydrogen) atoms. The molecular weight excluding hydrogens is 202 g/mol. The number of fused-ring (bicyclic) bond motifs is 1. The number of hydrogen-bond acceptors (Lipinski definition) is 2. The maximum atomic E-state index is 10.0. The van der Waals surface area contributed by atoms with Crippen molar-refractivity contribution in [2.45, 2.75) is 46.0 Å². The molecule has 1 aliphatic carbocycles. The molecule has 1 aromatic heterocycles. The Morgan fingerprint density at radius 2 is 1.62 bits per heavy atom. The van der Waals surface area contributed by atoms with Crippen LogP contribution in [-0.2, 0) is 12.5 Å². The standard InChI is InChI=1S/C13H21NO2/c1-12(2,3)9-7-8(13(9,4)5)11(16)14(6)10(7)15/h9,15-16H,1-6H3. The molecule has 0 amide bonds. The van der Waals surface area contributed by atoms with E-state index in [4.69, 9.17) is 0 Å². The molecule has 2 N–H and O–H groups in total. The molecule has 0 spiro atoms. The van der Waals surface area contributed by atoms with Gasteiger partial charge < -0.3 is 10.2 Å². The number of rotatable bonds is 0. The largest absolute Gasteiger partial charge is 0.494 e. The third-order valence-corrected chi connectivity index (χ3v) is 3.89. The van der Waals surface area contributed by atoms with Gasteiger partial charge in [0.25, 0.3) is 0 Å². The van der Waals surface area contributed by atoms with E-state index in [1.165, 1.54) is 4.57 Å². The fourth-order valence-corrected chi connectivity index (χ4v) is 3.53. The average Bonchev–Trinajstić information content (AvgIpc) is 2.25. The molecule has 0 saturated carbocycles. The highest BCUT2D eigenvalue weighted by atomic mass is 16.3. The third-order valence-electron chi connectivity index (χ3n) is 3.89. The van der Waals surface area contributed by atoms with Crippen LogP contribution < -0.4 is 0 Å². The summed E-state index contributed by atoms with van der Waals surface area (Å²) in [6.45, 7) is 10.8. The van der Waals surface area contributed by atoms with Crippen LogP contribution in [0.5, 0.6) is 11.8 Å². The van der Waals surface area contributed by atoms with Crippen molar-refractivity contribution in [3.8, 4) is 11.8 Å². The summed E-state index contributed by atoms with van der Waals surface area (Å²) in [5.74, 6) is 0.701. The molecule has 1 aromatic rings. The van der Waals surface area contributed by atoms with Crippen LogP contribution in [0.4, 0.5) is 0 Å². The molecule has 1 atom stereocenters. The van der Waals surface area contributed by atoms with Crippen LogP contribution in [0.15, 0.2) is 0 Å². The fraction of sp³-hybridized carbons (Fsp3) is 0.692. The maximum absolute atomic E-state index is 10.0. The van der Waals surface area contributed by atoms with Crippen LogP contribution >= 0.6 is 0 Å². The lowest BCUT2D eigenvalue weighted by Gasteiger charge is -2.51. The van der Waals surface area contributed by atoms with Gasteiger partial charge in [0.15, 0.2) is 11.8 Å². The van der Waals surface area contributed by atoms with Gasteiger partial charge in [0, 0.05) is 29.5 Å². The normalized spacial score (nSPS) is 22.8. The number of hydrogen-bond donors (Lipinski definition) is 2. The molecule has 3 heteroatoms. The van der Waals surface area contributed by atoms with E-state index >= 15 is 0 Å². The summed E-state index contributed by atoms with van der Waals surface area (Å²) in [5.41, 5.74) is 1.85. The Bertz CT molecular complexity index is 449. The highest BCUT2D eigenvalue weighted by molar-refractivity contribution is 5.61. The van der Waals surface area contributed by atoms with Crippen molar-refractivity contribution >= 4 is 0 Å². The Balaban J connectivity index is 2.67. The molecular formula is C13H21NO2. The summed E-state index contributed by atoms with van der Waals surface area (Å²) in [4.78, 5) is 0. The first-order valence-electron chi connectivity index (χ1n) is 5.71. The minimum absolute atomic E-state index is 0.0730. The first-order chi connectivity index (χ1) is 7.10. The first-order valence-corrected chi connectivity index (χ1v) is 5.71. The van der Waals surface area contributed by atoms with E-state index in [0.717, 1.165) is 11.1 Å². The quantitative estimate of drug-likeness (QED) is 0.710. The molecule has 0 bridgehead atoms. The van der Waals surface area contributed by atoms with Crippen molar-refractivity contribution in [3.05, 3.63) is 11.1 Å². The molecule has 0 aromatic carbocycles. The molecule has 3 nitrogen and oxygen atoms in total. The zero-order valence-electron chi connectivity index (χ0n) is 10.9. The van der Waals surface area contributed by atoms with Gasteiger partial charge in [-0.15, -0.1) is 0 Å². The van der Waals surface area contributed by atoms with Gasteiger partial charge in [-0.2, -0.15) is 0 Å². The molecule has 0 fully saturated rings. The zero-order chi connectivity index (χ0) is 12.5. The summed E-state index contributed by atoms with van der Waals surface area (Å²) >= 11 is 0. The van der Waals surface area contributed by atoms with Crippen LogP contribution in [0.25, 0.3) is 0 Å². The Kier molecular flexibility index (Phi) is 1.96. The first kappa shape index (κ1) is 11.4. The number of nitrogens with zero attached hydrogens (tertiary/aromatic N) is 1. The van der Waals surface area contributed by atoms with Gasteiger partial charge in [0.05, 0.1) is 0 Å². The maximum Gasteiger partial charge on any atom is 0.197 e. The predicted octanol–water partition coefficient (Wildman–Crippen LogP) is 2.86. The summed E-state index contributed by atoms with van der Waals surface area (Å²) in [5, 5.41) is 20.0. The van der Waals surface area contributed by atoms with Gasteiger partial charge >= 0.3 is 0 Å². The van der Waals surface area contributed by atoms with E-state index < -0.39 is 0 Å². The van der Waals surface area contributed by atoms with Crippen LogP contribution in [0.2, 0.25) is 0 Å². The van der Waals surface area contributed by atoms with Crippen molar-refractivity contribution in [1.29, 1.82) is 0 Å². The topological polar surface area (TPSA) is 45.4 Å². The number of aromatic hydroxyl groups is 2. The van der Waals surface area contributed by atoms with E-state index in [9.17, 15) is 10.2 Å². The second-order valence-electron chi connectivity index (χ2n) is 6.52. The minimum Gasteiger partial charge on any atom is -0.494 e. The lowest BCUT2D eigenvalue weighted by molar-refractivity contribution is 0.178. The molecule has 0 saturated heterocycles. The molecule has 0 aliphatic heterocycles. The summed E-state index contributed by atoms with van der Waals surface area (Å²) in [7, 11) is 1.69. The second kappa shape index (κ2) is 2.76. The van der Waals surface area contributed by atoms with Gasteiger partial charge in [0.1, 0.15) is 0 Å². The van der Waals surface area contributed by atoms with Gasteiger partial charge in [0.2, 0.25) is 0 Å². The number of aromatic nitrogens is 1. The van der Waals surface area contributed by atoms with Crippen LogP contribution in [-0.4, -0.2) is 14.8 Å². The van der Waals surface area contributed by atoms with Gasteiger partial charge in [-0.1, -0.05) is 34.6 Å². The van der Waals surface area contributed by atoms with Crippen LogP contribution in [0.1, 0.15) is 51.7 Å². The monoisotopic (exact) mass is 223 g/mol. The van der Waals surface area contributed by atoms with Crippen molar-refractivity contribution in [2.75, 3.05) is 0 Å². The van der Waals surface area contributed by atoms with Crippen molar-refractivity contribution < 1.29 is 10.2 Å². The Labute approximate surface area is 96.7 Å². The van der Waals surface area contributed by atoms with Gasteiger partial charge in [-0.25, -0.2) is 0 Å². The minimum atomic E-state index is -0.0730. The Morgan fingerprint density at radius 3 is 2.06 bits per heavy atom. The van der Waals surface area contributed by atoms with E-state index in [1.54, 1.807) is 7.05 Å². The van der Waals surface area contributed by atoms with E-state index in [-0.39, 0.29) is 28.5 Å². The summed E-state index contributed by atoms with van der Waals surface area (Å²) in [6, 6.07) is 0. The predicted molar refractivity (Wildman–Crippen MR) is 64.0 cm³/mol. The van der Waals surface area contributed by atoms with Crippen molar-refractivity contribution in [2.24, 2.45) is 12.5 Å². The highest BCUT2D eigenvalue weighted by Gasteiger charge is 2.55. The Hall–Kier alpha value is -1.12. The van der Waals surface area contributed by atoms with Crippen LogP contribution in [0, 0.1) is 5.41 Å². The van der Waals surface area contributed by atoms with E-state index in [1.807, 2.05) is 0 Å². The molecule has 90 valence electrons. The fourth-order valence-electron chi connectivity index (χ4n) is 3.53. The molecule has 1 aliphatic rings. The molecule has 1 heterocycles. The Morgan fingerprint density at radius 1 is 1.12 bits per heavy atom. The van der Waals surface area contributed by atoms with Gasteiger partial charge in [-0.05, 0) is 5.41 Å². The van der Waals surface area contributed by atoms with Gasteiger partial charge in [-0.3, -0.25) is 4.57 Å². The van der Waals surface area contributed by atoms with E-state index in [0.29, 0.717) is 0 Å². The molecule has 2 rings (SSSR count). The molecule has 1 unspecified atom stereocenters. The molecule has 0 radical (unpaired) electrons. The second-order valence-corrected chi connectivity index (χ2v) is 6.52. The summed E-state index contributed by atoms with van der Waals surface area (Å²) < 4.78 is 1.47. The summed E-state index contributed by atoms with van der Waals surface area (Å²) in [6.07, 6.45) is 0. The zero-order valence-corrected chi connectivity index (χ0v) is 10.9. The highest BCUT2D eigenvalue weighted by Crippen LogP contribution is 2.64. The van der Waals surface area contributed by atoms with E-state index in [2.05, 4.69) is 34.6 Å². The van der Waals surface area contributed by atoms with Crippen LogP contribution in [0.3, 0.4) is 0 Å². The average molecular weight is 223 g/mol. The van der Waals surface area contributed by atoms with Crippen molar-refractivity contribution in [3.63, 3.8) is 0 Å². The third kappa shape index (κ3) is 1.09. The smallest absolute Gasteiger partial charge is 0.197 e. The lowest BCUT2D eigenvalue weighted by Crippen LogP contribution is -2.44. The lowest BCUT2D eigenvalue weighted by atomic mass is 9.51. The SMILES string of the molecule is Cn1c(O)c2c(c1O)C(C)(C)C2C(C)(C)C.